The number of fused-ring (bicyclic) bond motifs is 2. The minimum absolute atomic E-state index is 0.00703. The lowest BCUT2D eigenvalue weighted by atomic mass is 9.95. The molecule has 0 radical (unpaired) electrons. The van der Waals surface area contributed by atoms with Crippen LogP contribution in [0.4, 0.5) is 5.69 Å². The standard InChI is InChI=1S/C28H26N2O3/c31-26(32)22-16-28(22)21-9-1-2-10-23(21)30(27(28)33)19-11-13-29(14-12-19)24-15-18-7-3-5-17-6-4-8-20(24)25(17)18/h1-10,19,22,24H,11-16H2,(H,31,32). The van der Waals surface area contributed by atoms with Crippen molar-refractivity contribution in [3.8, 4) is 0 Å². The summed E-state index contributed by atoms with van der Waals surface area (Å²) >= 11 is 0. The van der Waals surface area contributed by atoms with Gasteiger partial charge in [-0.3, -0.25) is 14.5 Å². The van der Waals surface area contributed by atoms with E-state index in [0.29, 0.717) is 12.5 Å². The van der Waals surface area contributed by atoms with Crippen molar-refractivity contribution in [2.45, 2.75) is 43.2 Å². The first-order valence-electron chi connectivity index (χ1n) is 12.0. The molecular weight excluding hydrogens is 412 g/mol. The quantitative estimate of drug-likeness (QED) is 0.663. The van der Waals surface area contributed by atoms with Crippen LogP contribution < -0.4 is 4.90 Å². The summed E-state index contributed by atoms with van der Waals surface area (Å²) in [5.41, 5.74) is 3.90. The van der Waals surface area contributed by atoms with Crippen LogP contribution in [0.2, 0.25) is 0 Å². The van der Waals surface area contributed by atoms with Crippen molar-refractivity contribution in [1.82, 2.24) is 4.90 Å². The van der Waals surface area contributed by atoms with Gasteiger partial charge in [0.15, 0.2) is 0 Å². The molecule has 2 aliphatic heterocycles. The van der Waals surface area contributed by atoms with Crippen LogP contribution in [0.1, 0.15) is 42.0 Å². The second kappa shape index (κ2) is 6.67. The Morgan fingerprint density at radius 3 is 2.48 bits per heavy atom. The van der Waals surface area contributed by atoms with Crippen molar-refractivity contribution < 1.29 is 14.7 Å². The van der Waals surface area contributed by atoms with Gasteiger partial charge in [-0.2, -0.15) is 0 Å². The average Bonchev–Trinajstić information content (AvgIpc) is 3.43. The van der Waals surface area contributed by atoms with Gasteiger partial charge in [0.25, 0.3) is 0 Å². The Balaban J connectivity index is 1.14. The molecule has 0 bridgehead atoms. The van der Waals surface area contributed by atoms with Gasteiger partial charge in [-0.15, -0.1) is 0 Å². The fraction of sp³-hybridized carbons (Fsp3) is 0.357. The van der Waals surface area contributed by atoms with Crippen molar-refractivity contribution in [2.24, 2.45) is 5.92 Å². The van der Waals surface area contributed by atoms with Gasteiger partial charge >= 0.3 is 5.97 Å². The minimum atomic E-state index is -0.857. The van der Waals surface area contributed by atoms with E-state index in [-0.39, 0.29) is 11.9 Å². The predicted molar refractivity (Wildman–Crippen MR) is 126 cm³/mol. The molecule has 1 saturated carbocycles. The highest BCUT2D eigenvalue weighted by Gasteiger charge is 2.70. The Bertz CT molecular complexity index is 1320. The van der Waals surface area contributed by atoms with E-state index in [1.165, 1.54) is 21.9 Å². The number of benzene rings is 3. The molecule has 3 atom stereocenters. The van der Waals surface area contributed by atoms with Crippen LogP contribution >= 0.6 is 0 Å². The fourth-order valence-corrected chi connectivity index (χ4v) is 6.96. The molecule has 0 aromatic heterocycles. The Morgan fingerprint density at radius 2 is 1.73 bits per heavy atom. The Morgan fingerprint density at radius 1 is 0.970 bits per heavy atom. The second-order valence-electron chi connectivity index (χ2n) is 10.1. The van der Waals surface area contributed by atoms with E-state index in [1.807, 2.05) is 29.2 Å². The van der Waals surface area contributed by atoms with Crippen LogP contribution in [-0.4, -0.2) is 41.0 Å². The van der Waals surface area contributed by atoms with Crippen molar-refractivity contribution in [2.75, 3.05) is 18.0 Å². The molecule has 1 N–H and O–H groups in total. The number of amides is 1. The summed E-state index contributed by atoms with van der Waals surface area (Å²) in [5, 5.41) is 12.4. The number of carbonyl (C=O) groups excluding carboxylic acids is 1. The topological polar surface area (TPSA) is 60.9 Å². The molecule has 7 rings (SSSR count). The number of carbonyl (C=O) groups is 2. The van der Waals surface area contributed by atoms with E-state index < -0.39 is 17.3 Å². The Labute approximate surface area is 192 Å². The number of hydrogen-bond donors (Lipinski definition) is 1. The first-order valence-corrected chi connectivity index (χ1v) is 12.0. The van der Waals surface area contributed by atoms with Gasteiger partial charge in [0.2, 0.25) is 5.91 Å². The smallest absolute Gasteiger partial charge is 0.307 e. The summed E-state index contributed by atoms with van der Waals surface area (Å²) in [6.07, 6.45) is 3.31. The molecule has 3 aromatic carbocycles. The molecule has 3 unspecified atom stereocenters. The molecule has 1 amide bonds. The lowest BCUT2D eigenvalue weighted by molar-refractivity contribution is -0.140. The maximum absolute atomic E-state index is 13.6. The molecule has 5 nitrogen and oxygen atoms in total. The number of carboxylic acid groups (broad SMARTS) is 1. The van der Waals surface area contributed by atoms with Crippen LogP contribution in [0.5, 0.6) is 0 Å². The third kappa shape index (κ3) is 2.51. The highest BCUT2D eigenvalue weighted by Crippen LogP contribution is 2.62. The van der Waals surface area contributed by atoms with E-state index in [1.54, 1.807) is 0 Å². The predicted octanol–water partition coefficient (Wildman–Crippen LogP) is 4.29. The van der Waals surface area contributed by atoms with Crippen molar-refractivity contribution in [1.29, 1.82) is 0 Å². The third-order valence-corrected chi connectivity index (χ3v) is 8.60. The summed E-state index contributed by atoms with van der Waals surface area (Å²) in [5.74, 6) is -1.44. The molecule has 2 heterocycles. The zero-order valence-electron chi connectivity index (χ0n) is 18.4. The normalized spacial score (nSPS) is 28.6. The molecule has 33 heavy (non-hydrogen) atoms. The summed E-state index contributed by atoms with van der Waals surface area (Å²) < 4.78 is 0. The SMILES string of the molecule is O=C(O)C1CC12C(=O)N(C1CCN(C3Cc4cccc5cccc3c45)CC1)c1ccccc12. The zero-order chi connectivity index (χ0) is 22.3. The van der Waals surface area contributed by atoms with Gasteiger partial charge in [0.1, 0.15) is 0 Å². The van der Waals surface area contributed by atoms with Crippen molar-refractivity contribution in [3.05, 3.63) is 77.4 Å². The van der Waals surface area contributed by atoms with Crippen LogP contribution in [0.15, 0.2) is 60.7 Å². The molecule has 1 saturated heterocycles. The molecule has 2 aliphatic carbocycles. The van der Waals surface area contributed by atoms with Crippen molar-refractivity contribution >= 4 is 28.3 Å². The van der Waals surface area contributed by atoms with E-state index in [0.717, 1.165) is 43.6 Å². The molecule has 4 aliphatic rings. The monoisotopic (exact) mass is 438 g/mol. The first-order chi connectivity index (χ1) is 16.1. The van der Waals surface area contributed by atoms with Crippen LogP contribution in [0.25, 0.3) is 10.8 Å². The van der Waals surface area contributed by atoms with E-state index in [9.17, 15) is 14.7 Å². The number of piperidine rings is 1. The summed E-state index contributed by atoms with van der Waals surface area (Å²) in [7, 11) is 0. The van der Waals surface area contributed by atoms with E-state index in [2.05, 4.69) is 41.3 Å². The third-order valence-electron chi connectivity index (χ3n) is 8.60. The van der Waals surface area contributed by atoms with Crippen LogP contribution in [-0.2, 0) is 21.4 Å². The largest absolute Gasteiger partial charge is 0.481 e. The van der Waals surface area contributed by atoms with Gasteiger partial charge < -0.3 is 10.0 Å². The summed E-state index contributed by atoms with van der Waals surface area (Å²) in [6.45, 7) is 1.89. The highest BCUT2D eigenvalue weighted by atomic mass is 16.4. The number of aliphatic carboxylic acids is 1. The lowest BCUT2D eigenvalue weighted by Crippen LogP contribution is -2.48. The summed E-state index contributed by atoms with van der Waals surface area (Å²) in [6, 6.07) is 21.6. The molecular formula is C28H26N2O3. The molecule has 5 heteroatoms. The lowest BCUT2D eigenvalue weighted by Gasteiger charge is -2.40. The number of likely N-dealkylation sites (tertiary alicyclic amines) is 1. The molecule has 3 aromatic rings. The molecule has 166 valence electrons. The van der Waals surface area contributed by atoms with Crippen LogP contribution in [0, 0.1) is 5.92 Å². The van der Waals surface area contributed by atoms with Gasteiger partial charge in [-0.05, 0) is 59.2 Å². The van der Waals surface area contributed by atoms with Gasteiger partial charge in [0.05, 0.1) is 11.3 Å². The number of para-hydroxylation sites is 1. The summed E-state index contributed by atoms with van der Waals surface area (Å²) in [4.78, 5) is 29.9. The van der Waals surface area contributed by atoms with Crippen LogP contribution in [0.3, 0.4) is 0 Å². The van der Waals surface area contributed by atoms with Gasteiger partial charge in [-0.25, -0.2) is 0 Å². The number of rotatable bonds is 3. The Kier molecular flexibility index (Phi) is 3.90. The number of nitrogens with zero attached hydrogens (tertiary/aromatic N) is 2. The van der Waals surface area contributed by atoms with E-state index in [4.69, 9.17) is 0 Å². The van der Waals surface area contributed by atoms with E-state index >= 15 is 0 Å². The van der Waals surface area contributed by atoms with Gasteiger partial charge in [-0.1, -0.05) is 54.6 Å². The Hall–Kier alpha value is -3.18. The fourth-order valence-electron chi connectivity index (χ4n) is 6.96. The molecule has 2 fully saturated rings. The average molecular weight is 439 g/mol. The maximum atomic E-state index is 13.6. The number of carboxylic acids is 1. The number of anilines is 1. The second-order valence-corrected chi connectivity index (χ2v) is 10.1. The molecule has 1 spiro atoms. The first kappa shape index (κ1) is 19.3. The van der Waals surface area contributed by atoms with Crippen molar-refractivity contribution in [3.63, 3.8) is 0 Å². The zero-order valence-corrected chi connectivity index (χ0v) is 18.4. The maximum Gasteiger partial charge on any atom is 0.307 e. The van der Waals surface area contributed by atoms with Gasteiger partial charge in [0, 0.05) is 30.9 Å². The highest BCUT2D eigenvalue weighted by molar-refractivity contribution is 6.13. The minimum Gasteiger partial charge on any atom is -0.481 e. The number of hydrogen-bond acceptors (Lipinski definition) is 3.